The summed E-state index contributed by atoms with van der Waals surface area (Å²) in [5.74, 6) is -4.08. The standard InChI is InChI=1S/C28H23ClF6N2O6/c1-4-41-25(39)18-8-10-22(36-24(18)27(30,31)32)43-16-6-7-17(19(29)12-16)14(2)26(40,28(33,34)35)15-5-9-21-20(11-15)37(3)23(38)13-42-21/h5-12,14,40H,4,13H2,1-3H3/t14-,26-/m1/s1. The van der Waals surface area contributed by atoms with Crippen LogP contribution in [0.5, 0.6) is 17.4 Å². The molecule has 0 spiro atoms. The summed E-state index contributed by atoms with van der Waals surface area (Å²) in [5, 5.41) is 10.9. The zero-order valence-corrected chi connectivity index (χ0v) is 23.4. The summed E-state index contributed by atoms with van der Waals surface area (Å²) in [7, 11) is 1.36. The van der Waals surface area contributed by atoms with Crippen molar-refractivity contribution in [3.63, 3.8) is 0 Å². The first-order valence-electron chi connectivity index (χ1n) is 12.5. The molecule has 0 radical (unpaired) electrons. The first-order chi connectivity index (χ1) is 20.0. The van der Waals surface area contributed by atoms with E-state index in [2.05, 4.69) is 9.72 Å². The van der Waals surface area contributed by atoms with E-state index in [0.29, 0.717) is 0 Å². The third-order valence-corrected chi connectivity index (χ3v) is 7.17. The molecule has 3 aromatic rings. The number of carbonyl (C=O) groups is 2. The van der Waals surface area contributed by atoms with Gasteiger partial charge in [-0.15, -0.1) is 0 Å². The number of carbonyl (C=O) groups excluding carboxylic acids is 2. The molecular formula is C28H23ClF6N2O6. The molecule has 0 unspecified atom stereocenters. The van der Waals surface area contributed by atoms with Crippen molar-refractivity contribution in [3.05, 3.63) is 75.9 Å². The van der Waals surface area contributed by atoms with Gasteiger partial charge in [0.2, 0.25) is 5.88 Å². The van der Waals surface area contributed by atoms with Crippen molar-refractivity contribution in [2.45, 2.75) is 37.7 Å². The molecule has 0 fully saturated rings. The number of fused-ring (bicyclic) bond motifs is 1. The highest BCUT2D eigenvalue weighted by atomic mass is 35.5. The van der Waals surface area contributed by atoms with Gasteiger partial charge in [-0.3, -0.25) is 4.79 Å². The molecule has 8 nitrogen and oxygen atoms in total. The van der Waals surface area contributed by atoms with Gasteiger partial charge in [0.15, 0.2) is 17.9 Å². The Bertz CT molecular complexity index is 1560. The average Bonchev–Trinajstić information content (AvgIpc) is 2.93. The molecule has 0 aliphatic carbocycles. The molecule has 2 aromatic carbocycles. The lowest BCUT2D eigenvalue weighted by molar-refractivity contribution is -0.274. The van der Waals surface area contributed by atoms with Gasteiger partial charge in [-0.2, -0.15) is 26.3 Å². The second kappa shape index (κ2) is 11.6. The number of likely N-dealkylation sites (N-methyl/N-ethyl adjacent to an activating group) is 1. The van der Waals surface area contributed by atoms with E-state index in [0.717, 1.165) is 54.3 Å². The monoisotopic (exact) mass is 632 g/mol. The maximum absolute atomic E-state index is 14.5. The van der Waals surface area contributed by atoms with Crippen LogP contribution >= 0.6 is 11.6 Å². The van der Waals surface area contributed by atoms with E-state index >= 15 is 0 Å². The molecular weight excluding hydrogens is 610 g/mol. The second-order valence-electron chi connectivity index (χ2n) is 9.46. The first kappa shape index (κ1) is 31.9. The van der Waals surface area contributed by atoms with E-state index in [1.54, 1.807) is 0 Å². The number of ether oxygens (including phenoxy) is 3. The van der Waals surface area contributed by atoms with Crippen LogP contribution in [0.4, 0.5) is 32.0 Å². The number of rotatable bonds is 7. The zero-order chi connectivity index (χ0) is 31.9. The Morgan fingerprint density at radius 3 is 2.42 bits per heavy atom. The summed E-state index contributed by atoms with van der Waals surface area (Å²) >= 11 is 6.30. The van der Waals surface area contributed by atoms with Crippen molar-refractivity contribution in [3.8, 4) is 17.4 Å². The second-order valence-corrected chi connectivity index (χ2v) is 9.87. The molecule has 1 N–H and O–H groups in total. The molecule has 4 rings (SSSR count). The fourth-order valence-electron chi connectivity index (χ4n) is 4.52. The van der Waals surface area contributed by atoms with E-state index in [1.807, 2.05) is 0 Å². The van der Waals surface area contributed by atoms with E-state index in [1.165, 1.54) is 20.0 Å². The highest BCUT2D eigenvalue weighted by Gasteiger charge is 2.59. The number of halogens is 7. The summed E-state index contributed by atoms with van der Waals surface area (Å²) in [6.07, 6.45) is -10.3. The number of alkyl halides is 6. The van der Waals surface area contributed by atoms with Gasteiger partial charge in [-0.05, 0) is 48.4 Å². The zero-order valence-electron chi connectivity index (χ0n) is 22.6. The van der Waals surface area contributed by atoms with E-state index in [-0.39, 0.29) is 41.0 Å². The molecule has 230 valence electrons. The number of hydrogen-bond acceptors (Lipinski definition) is 7. The summed E-state index contributed by atoms with van der Waals surface area (Å²) in [6, 6.07) is 8.35. The predicted octanol–water partition coefficient (Wildman–Crippen LogP) is 6.63. The number of hydrogen-bond donors (Lipinski definition) is 1. The lowest BCUT2D eigenvalue weighted by Gasteiger charge is -2.38. The van der Waals surface area contributed by atoms with Crippen LogP contribution in [0.25, 0.3) is 0 Å². The van der Waals surface area contributed by atoms with Crippen LogP contribution in [-0.2, 0) is 21.3 Å². The Balaban J connectivity index is 1.68. The Morgan fingerprint density at radius 1 is 1.12 bits per heavy atom. The van der Waals surface area contributed by atoms with Gasteiger partial charge in [-0.1, -0.05) is 30.7 Å². The lowest BCUT2D eigenvalue weighted by Crippen LogP contribution is -2.47. The molecule has 1 aromatic heterocycles. The molecule has 1 amide bonds. The van der Waals surface area contributed by atoms with Crippen LogP contribution in [-0.4, -0.2) is 48.4 Å². The van der Waals surface area contributed by atoms with Gasteiger partial charge >= 0.3 is 18.3 Å². The number of esters is 1. The van der Waals surface area contributed by atoms with Crippen molar-refractivity contribution in [2.75, 3.05) is 25.2 Å². The van der Waals surface area contributed by atoms with Crippen LogP contribution < -0.4 is 14.4 Å². The number of pyridine rings is 1. The fourth-order valence-corrected chi connectivity index (χ4v) is 4.86. The maximum atomic E-state index is 14.5. The van der Waals surface area contributed by atoms with Crippen molar-refractivity contribution < 1.29 is 55.2 Å². The Morgan fingerprint density at radius 2 is 1.81 bits per heavy atom. The predicted molar refractivity (Wildman–Crippen MR) is 140 cm³/mol. The van der Waals surface area contributed by atoms with Crippen molar-refractivity contribution in [2.24, 2.45) is 0 Å². The average molecular weight is 633 g/mol. The van der Waals surface area contributed by atoms with Crippen LogP contribution in [0.15, 0.2) is 48.5 Å². The van der Waals surface area contributed by atoms with Gasteiger partial charge in [-0.25, -0.2) is 9.78 Å². The first-order valence-corrected chi connectivity index (χ1v) is 12.9. The van der Waals surface area contributed by atoms with Crippen molar-refractivity contribution >= 4 is 29.2 Å². The van der Waals surface area contributed by atoms with Gasteiger partial charge in [0.25, 0.3) is 5.91 Å². The number of anilines is 1. The Labute approximate surface area is 245 Å². The third kappa shape index (κ3) is 6.07. The SMILES string of the molecule is CCOC(=O)c1ccc(Oc2ccc([C@@H](C)[C@@](O)(c3ccc4c(c3)N(C)C(=O)CO4)C(F)(F)F)c(Cl)c2)nc1C(F)(F)F. The Hall–Kier alpha value is -4.04. The topological polar surface area (TPSA) is 98.2 Å². The van der Waals surface area contributed by atoms with Gasteiger partial charge in [0, 0.05) is 24.1 Å². The molecule has 2 heterocycles. The minimum absolute atomic E-state index is 0.0261. The molecule has 0 saturated heterocycles. The highest BCUT2D eigenvalue weighted by Crippen LogP contribution is 2.51. The minimum Gasteiger partial charge on any atom is -0.482 e. The number of aromatic nitrogens is 1. The van der Waals surface area contributed by atoms with Crippen LogP contribution in [0.1, 0.15) is 46.9 Å². The van der Waals surface area contributed by atoms with Gasteiger partial charge in [0.1, 0.15) is 11.5 Å². The quantitative estimate of drug-likeness (QED) is 0.231. The molecule has 1 aliphatic heterocycles. The molecule has 15 heteroatoms. The minimum atomic E-state index is -5.23. The summed E-state index contributed by atoms with van der Waals surface area (Å²) in [6.45, 7) is 2.04. The van der Waals surface area contributed by atoms with E-state index in [4.69, 9.17) is 21.1 Å². The largest absolute Gasteiger partial charge is 0.482 e. The maximum Gasteiger partial charge on any atom is 0.434 e. The van der Waals surface area contributed by atoms with Crippen molar-refractivity contribution in [1.29, 1.82) is 0 Å². The molecule has 2 atom stereocenters. The number of aliphatic hydroxyl groups is 1. The van der Waals surface area contributed by atoms with E-state index < -0.39 is 58.4 Å². The normalized spacial score (nSPS) is 15.7. The summed E-state index contributed by atoms with van der Waals surface area (Å²) in [5.41, 5.74) is -6.62. The van der Waals surface area contributed by atoms with E-state index in [9.17, 15) is 41.0 Å². The lowest BCUT2D eigenvalue weighted by atomic mass is 9.77. The van der Waals surface area contributed by atoms with Gasteiger partial charge in [0.05, 0.1) is 17.9 Å². The number of benzene rings is 2. The fraction of sp³-hybridized carbons (Fsp3) is 0.321. The van der Waals surface area contributed by atoms with Crippen LogP contribution in [0.3, 0.4) is 0 Å². The highest BCUT2D eigenvalue weighted by molar-refractivity contribution is 6.31. The summed E-state index contributed by atoms with van der Waals surface area (Å²) < 4.78 is 99.6. The third-order valence-electron chi connectivity index (χ3n) is 6.84. The smallest absolute Gasteiger partial charge is 0.434 e. The van der Waals surface area contributed by atoms with Crippen LogP contribution in [0, 0.1) is 0 Å². The molecule has 1 aliphatic rings. The molecule has 0 saturated carbocycles. The molecule has 0 bridgehead atoms. The van der Waals surface area contributed by atoms with Gasteiger partial charge < -0.3 is 24.2 Å². The Kier molecular flexibility index (Phi) is 8.58. The van der Waals surface area contributed by atoms with Crippen LogP contribution in [0.2, 0.25) is 5.02 Å². The number of nitrogens with zero attached hydrogens (tertiary/aromatic N) is 2. The number of amides is 1. The summed E-state index contributed by atoms with van der Waals surface area (Å²) in [4.78, 5) is 28.4. The van der Waals surface area contributed by atoms with Crippen molar-refractivity contribution in [1.82, 2.24) is 4.98 Å². The molecule has 43 heavy (non-hydrogen) atoms.